The van der Waals surface area contributed by atoms with Gasteiger partial charge in [-0.25, -0.2) is 4.98 Å². The number of carbonyl (C=O) groups excluding carboxylic acids is 1. The van der Waals surface area contributed by atoms with Gasteiger partial charge in [0.15, 0.2) is 0 Å². The van der Waals surface area contributed by atoms with Crippen LogP contribution in [0.4, 0.5) is 5.82 Å². The summed E-state index contributed by atoms with van der Waals surface area (Å²) < 4.78 is 0. The van der Waals surface area contributed by atoms with Crippen LogP contribution in [0.15, 0.2) is 36.4 Å². The largest absolute Gasteiger partial charge is 0.508 e. The Morgan fingerprint density at radius 2 is 1.83 bits per heavy atom. The molecule has 0 atom stereocenters. The van der Waals surface area contributed by atoms with Crippen LogP contribution in [0.25, 0.3) is 0 Å². The molecular weight excluding hydrogens is 294 g/mol. The lowest BCUT2D eigenvalue weighted by atomic mass is 10.1. The summed E-state index contributed by atoms with van der Waals surface area (Å²) >= 11 is 0. The average Bonchev–Trinajstić information content (AvgIpc) is 2.54. The van der Waals surface area contributed by atoms with Gasteiger partial charge in [0.25, 0.3) is 5.91 Å². The highest BCUT2D eigenvalue weighted by molar-refractivity contribution is 5.97. The number of phenolic OH excluding ortho intramolecular Hbond substituents is 2. The smallest absolute Gasteiger partial charge is 0.257 e. The van der Waals surface area contributed by atoms with E-state index in [9.17, 15) is 15.0 Å². The zero-order valence-corrected chi connectivity index (χ0v) is 12.9. The van der Waals surface area contributed by atoms with Crippen LogP contribution in [0.5, 0.6) is 11.5 Å². The first-order chi connectivity index (χ1) is 11.0. The van der Waals surface area contributed by atoms with E-state index in [2.05, 4.69) is 9.88 Å². The molecule has 6 heteroatoms. The summed E-state index contributed by atoms with van der Waals surface area (Å²) in [5.41, 5.74) is 1.18. The number of hydrogen-bond donors (Lipinski definition) is 2. The lowest BCUT2D eigenvalue weighted by molar-refractivity contribution is 0.0743. The van der Waals surface area contributed by atoms with Crippen LogP contribution in [0.2, 0.25) is 0 Å². The van der Waals surface area contributed by atoms with E-state index < -0.39 is 0 Å². The topological polar surface area (TPSA) is 76.9 Å². The molecule has 2 heterocycles. The molecule has 0 bridgehead atoms. The number of anilines is 1. The van der Waals surface area contributed by atoms with E-state index in [0.29, 0.717) is 26.2 Å². The van der Waals surface area contributed by atoms with Crippen LogP contribution in [-0.2, 0) is 0 Å². The monoisotopic (exact) mass is 313 g/mol. The molecule has 0 aliphatic carbocycles. The highest BCUT2D eigenvalue weighted by atomic mass is 16.3. The van der Waals surface area contributed by atoms with E-state index >= 15 is 0 Å². The summed E-state index contributed by atoms with van der Waals surface area (Å²) in [6.07, 6.45) is 0. The minimum absolute atomic E-state index is 0.0607. The molecule has 2 N–H and O–H groups in total. The summed E-state index contributed by atoms with van der Waals surface area (Å²) in [4.78, 5) is 20.8. The fourth-order valence-electron chi connectivity index (χ4n) is 2.71. The zero-order valence-electron chi connectivity index (χ0n) is 12.9. The van der Waals surface area contributed by atoms with Crippen molar-refractivity contribution < 1.29 is 15.0 Å². The molecule has 1 aliphatic heterocycles. The third-order valence-electron chi connectivity index (χ3n) is 3.98. The number of benzene rings is 1. The Labute approximate surface area is 134 Å². The second-order valence-corrected chi connectivity index (χ2v) is 5.62. The Balaban J connectivity index is 1.68. The molecule has 1 fully saturated rings. The fourth-order valence-corrected chi connectivity index (χ4v) is 2.71. The summed E-state index contributed by atoms with van der Waals surface area (Å²) in [7, 11) is 0. The Kier molecular flexibility index (Phi) is 4.06. The van der Waals surface area contributed by atoms with Crippen molar-refractivity contribution in [3.63, 3.8) is 0 Å². The summed E-state index contributed by atoms with van der Waals surface area (Å²) in [6, 6.07) is 9.93. The minimum atomic E-state index is -0.223. The molecule has 1 saturated heterocycles. The van der Waals surface area contributed by atoms with Gasteiger partial charge in [-0.05, 0) is 31.2 Å². The third kappa shape index (κ3) is 3.21. The van der Waals surface area contributed by atoms with E-state index in [0.717, 1.165) is 11.5 Å². The number of aromatic hydroxyl groups is 2. The van der Waals surface area contributed by atoms with E-state index in [1.165, 1.54) is 18.2 Å². The van der Waals surface area contributed by atoms with E-state index in [1.807, 2.05) is 25.1 Å². The number of carbonyl (C=O) groups is 1. The Bertz CT molecular complexity index is 725. The van der Waals surface area contributed by atoms with Crippen LogP contribution in [0.3, 0.4) is 0 Å². The SMILES string of the molecule is Cc1cccc(N2CCN(C(=O)c3ccc(O)cc3O)CC2)n1. The number of nitrogens with zero attached hydrogens (tertiary/aromatic N) is 3. The molecule has 120 valence electrons. The molecule has 1 aromatic carbocycles. The van der Waals surface area contributed by atoms with Crippen molar-refractivity contribution >= 4 is 11.7 Å². The normalized spacial score (nSPS) is 14.8. The highest BCUT2D eigenvalue weighted by Crippen LogP contribution is 2.24. The van der Waals surface area contributed by atoms with Crippen molar-refractivity contribution in [2.24, 2.45) is 0 Å². The quantitative estimate of drug-likeness (QED) is 0.883. The number of amides is 1. The maximum absolute atomic E-state index is 12.5. The third-order valence-corrected chi connectivity index (χ3v) is 3.98. The number of hydrogen-bond acceptors (Lipinski definition) is 5. The van der Waals surface area contributed by atoms with Gasteiger partial charge in [-0.1, -0.05) is 6.07 Å². The lowest BCUT2D eigenvalue weighted by Gasteiger charge is -2.35. The molecule has 6 nitrogen and oxygen atoms in total. The van der Waals surface area contributed by atoms with Crippen molar-refractivity contribution in [3.05, 3.63) is 47.7 Å². The van der Waals surface area contributed by atoms with Crippen LogP contribution in [0.1, 0.15) is 16.1 Å². The lowest BCUT2D eigenvalue weighted by Crippen LogP contribution is -2.49. The van der Waals surface area contributed by atoms with Crippen molar-refractivity contribution in [1.82, 2.24) is 9.88 Å². The standard InChI is InChI=1S/C17H19N3O3/c1-12-3-2-4-16(18-12)19-7-9-20(10-8-19)17(23)14-6-5-13(21)11-15(14)22/h2-6,11,21-22H,7-10H2,1H3. The highest BCUT2D eigenvalue weighted by Gasteiger charge is 2.24. The van der Waals surface area contributed by atoms with Crippen molar-refractivity contribution in [2.75, 3.05) is 31.1 Å². The van der Waals surface area contributed by atoms with Crippen molar-refractivity contribution in [3.8, 4) is 11.5 Å². The summed E-state index contributed by atoms with van der Waals surface area (Å²) in [6.45, 7) is 4.47. The predicted molar refractivity (Wildman–Crippen MR) is 86.9 cm³/mol. The molecule has 1 aromatic heterocycles. The number of phenols is 2. The van der Waals surface area contributed by atoms with Gasteiger partial charge in [-0.3, -0.25) is 4.79 Å². The predicted octanol–water partition coefficient (Wildman–Crippen LogP) is 1.76. The second-order valence-electron chi connectivity index (χ2n) is 5.62. The number of rotatable bonds is 2. The Hall–Kier alpha value is -2.76. The number of aryl methyl sites for hydroxylation is 1. The molecule has 2 aromatic rings. The molecule has 3 rings (SSSR count). The number of pyridine rings is 1. The summed E-state index contributed by atoms with van der Waals surface area (Å²) in [5, 5.41) is 19.1. The van der Waals surface area contributed by atoms with Crippen LogP contribution in [0, 0.1) is 6.92 Å². The average molecular weight is 313 g/mol. The molecular formula is C17H19N3O3. The van der Waals surface area contributed by atoms with E-state index in [4.69, 9.17) is 0 Å². The maximum atomic E-state index is 12.5. The van der Waals surface area contributed by atoms with Gasteiger partial charge in [0.05, 0.1) is 5.56 Å². The van der Waals surface area contributed by atoms with Gasteiger partial charge in [0.1, 0.15) is 17.3 Å². The molecule has 1 amide bonds. The Morgan fingerprint density at radius 1 is 1.09 bits per heavy atom. The number of piperazine rings is 1. The second kappa shape index (κ2) is 6.16. The van der Waals surface area contributed by atoms with Gasteiger partial charge >= 0.3 is 0 Å². The van der Waals surface area contributed by atoms with Crippen molar-refractivity contribution in [1.29, 1.82) is 0 Å². The molecule has 0 saturated carbocycles. The van der Waals surface area contributed by atoms with Crippen LogP contribution >= 0.6 is 0 Å². The summed E-state index contributed by atoms with van der Waals surface area (Å²) in [5.74, 6) is 0.441. The van der Waals surface area contributed by atoms with E-state index in [1.54, 1.807) is 4.90 Å². The van der Waals surface area contributed by atoms with Crippen LogP contribution < -0.4 is 4.90 Å². The fraction of sp³-hybridized carbons (Fsp3) is 0.294. The van der Waals surface area contributed by atoms with Gasteiger partial charge in [-0.15, -0.1) is 0 Å². The first kappa shape index (κ1) is 15.1. The van der Waals surface area contributed by atoms with Crippen molar-refractivity contribution in [2.45, 2.75) is 6.92 Å². The Morgan fingerprint density at radius 3 is 2.48 bits per heavy atom. The first-order valence-electron chi connectivity index (χ1n) is 7.54. The van der Waals surface area contributed by atoms with Crippen LogP contribution in [-0.4, -0.2) is 52.2 Å². The van der Waals surface area contributed by atoms with Gasteiger partial charge < -0.3 is 20.0 Å². The van der Waals surface area contributed by atoms with Gasteiger partial charge in [0, 0.05) is 37.9 Å². The van der Waals surface area contributed by atoms with Gasteiger partial charge in [0.2, 0.25) is 0 Å². The van der Waals surface area contributed by atoms with E-state index in [-0.39, 0.29) is 23.0 Å². The molecule has 0 radical (unpaired) electrons. The minimum Gasteiger partial charge on any atom is -0.508 e. The molecule has 23 heavy (non-hydrogen) atoms. The molecule has 0 spiro atoms. The first-order valence-corrected chi connectivity index (χ1v) is 7.54. The molecule has 0 unspecified atom stereocenters. The zero-order chi connectivity index (χ0) is 16.4. The van der Waals surface area contributed by atoms with Gasteiger partial charge in [-0.2, -0.15) is 0 Å². The maximum Gasteiger partial charge on any atom is 0.257 e. The number of aromatic nitrogens is 1. The molecule has 1 aliphatic rings.